The Hall–Kier alpha value is -0.420. The maximum atomic E-state index is 10.00. The molecular weight excluding hydrogens is 282 g/mol. The molecule has 2 rings (SSSR count). The second-order valence-electron chi connectivity index (χ2n) is 5.94. The van der Waals surface area contributed by atoms with E-state index in [-0.39, 0.29) is 0 Å². The quantitative estimate of drug-likeness (QED) is 0.648. The van der Waals surface area contributed by atoms with E-state index < -0.39 is 6.10 Å². The number of aryl methyl sites for hydroxylation is 1. The third-order valence-corrected chi connectivity index (χ3v) is 5.10. The minimum Gasteiger partial charge on any atom is -0.389 e. The van der Waals surface area contributed by atoms with Gasteiger partial charge in [-0.15, -0.1) is 11.3 Å². The number of fused-ring (bicyclic) bond motifs is 1. The molecule has 0 fully saturated rings. The van der Waals surface area contributed by atoms with Crippen molar-refractivity contribution in [2.24, 2.45) is 0 Å². The van der Waals surface area contributed by atoms with Crippen LogP contribution in [0.3, 0.4) is 0 Å². The molecule has 0 amide bonds. The molecule has 0 bridgehead atoms. The summed E-state index contributed by atoms with van der Waals surface area (Å²) < 4.78 is 5.55. The van der Waals surface area contributed by atoms with Crippen molar-refractivity contribution < 1.29 is 9.84 Å². The van der Waals surface area contributed by atoms with E-state index in [1.807, 2.05) is 11.3 Å². The standard InChI is InChI=1S/C17H29NO2S/c1-2-3-4-5-10-20-13-14(19)12-18-16-7-6-8-17-15(16)9-11-21-17/h9,11,14,16,18-19H,2-8,10,12-13H2,1H3. The molecular formula is C17H29NO2S. The molecule has 1 aliphatic carbocycles. The molecule has 4 heteroatoms. The van der Waals surface area contributed by atoms with Gasteiger partial charge in [-0.05, 0) is 42.7 Å². The molecule has 0 spiro atoms. The molecule has 21 heavy (non-hydrogen) atoms. The first-order chi connectivity index (χ1) is 10.3. The van der Waals surface area contributed by atoms with Gasteiger partial charge in [0, 0.05) is 24.1 Å². The lowest BCUT2D eigenvalue weighted by Gasteiger charge is -2.25. The molecule has 0 saturated carbocycles. The highest BCUT2D eigenvalue weighted by molar-refractivity contribution is 7.10. The van der Waals surface area contributed by atoms with Gasteiger partial charge >= 0.3 is 0 Å². The molecule has 1 aliphatic rings. The normalized spacial score (nSPS) is 19.4. The van der Waals surface area contributed by atoms with E-state index in [9.17, 15) is 5.11 Å². The van der Waals surface area contributed by atoms with E-state index in [1.54, 1.807) is 0 Å². The fourth-order valence-corrected chi connectivity index (χ4v) is 3.87. The summed E-state index contributed by atoms with van der Waals surface area (Å²) in [6, 6.07) is 2.65. The third-order valence-electron chi connectivity index (χ3n) is 4.10. The van der Waals surface area contributed by atoms with Gasteiger partial charge in [0.15, 0.2) is 0 Å². The molecule has 0 aliphatic heterocycles. The largest absolute Gasteiger partial charge is 0.389 e. The molecule has 1 aromatic heterocycles. The molecule has 3 nitrogen and oxygen atoms in total. The summed E-state index contributed by atoms with van der Waals surface area (Å²) in [5, 5.41) is 15.7. The van der Waals surface area contributed by atoms with Gasteiger partial charge in [0.05, 0.1) is 12.7 Å². The summed E-state index contributed by atoms with van der Waals surface area (Å²) in [7, 11) is 0. The van der Waals surface area contributed by atoms with E-state index in [0.717, 1.165) is 13.0 Å². The molecule has 0 saturated heterocycles. The zero-order valence-corrected chi connectivity index (χ0v) is 14.0. The summed E-state index contributed by atoms with van der Waals surface area (Å²) in [5.41, 5.74) is 1.44. The van der Waals surface area contributed by atoms with Crippen molar-refractivity contribution in [1.29, 1.82) is 0 Å². The topological polar surface area (TPSA) is 41.5 Å². The first kappa shape index (κ1) is 16.9. The minimum atomic E-state index is -0.403. The van der Waals surface area contributed by atoms with E-state index in [1.165, 1.54) is 49.0 Å². The van der Waals surface area contributed by atoms with Crippen LogP contribution < -0.4 is 5.32 Å². The number of aliphatic hydroxyl groups is 1. The van der Waals surface area contributed by atoms with Crippen molar-refractivity contribution in [3.8, 4) is 0 Å². The van der Waals surface area contributed by atoms with Gasteiger partial charge in [0.1, 0.15) is 0 Å². The SMILES string of the molecule is CCCCCCOCC(O)CNC1CCCc2sccc21. The highest BCUT2D eigenvalue weighted by Gasteiger charge is 2.21. The van der Waals surface area contributed by atoms with E-state index >= 15 is 0 Å². The van der Waals surface area contributed by atoms with Gasteiger partial charge in [-0.2, -0.15) is 0 Å². The number of ether oxygens (including phenoxy) is 1. The van der Waals surface area contributed by atoms with Gasteiger partial charge in [0.25, 0.3) is 0 Å². The van der Waals surface area contributed by atoms with Gasteiger partial charge in [-0.3, -0.25) is 0 Å². The van der Waals surface area contributed by atoms with Crippen LogP contribution in [0.4, 0.5) is 0 Å². The first-order valence-corrected chi connectivity index (χ1v) is 9.24. The van der Waals surface area contributed by atoms with Crippen molar-refractivity contribution >= 4 is 11.3 Å². The number of unbranched alkanes of at least 4 members (excludes halogenated alkanes) is 3. The molecule has 2 N–H and O–H groups in total. The maximum Gasteiger partial charge on any atom is 0.0897 e. The minimum absolute atomic E-state index is 0.403. The van der Waals surface area contributed by atoms with Crippen LogP contribution in [0.15, 0.2) is 11.4 Å². The summed E-state index contributed by atoms with van der Waals surface area (Å²) >= 11 is 1.86. The Kier molecular flexibility index (Phi) is 7.72. The van der Waals surface area contributed by atoms with Crippen molar-refractivity contribution in [3.05, 3.63) is 21.9 Å². The van der Waals surface area contributed by atoms with Gasteiger partial charge in [-0.1, -0.05) is 26.2 Å². The Labute approximate surface area is 132 Å². The van der Waals surface area contributed by atoms with Crippen LogP contribution in [-0.2, 0) is 11.2 Å². The average molecular weight is 311 g/mol. The Balaban J connectivity index is 1.58. The number of hydrogen-bond acceptors (Lipinski definition) is 4. The molecule has 120 valence electrons. The van der Waals surface area contributed by atoms with Crippen molar-refractivity contribution in [2.75, 3.05) is 19.8 Å². The summed E-state index contributed by atoms with van der Waals surface area (Å²) in [4.78, 5) is 1.51. The average Bonchev–Trinajstić information content (AvgIpc) is 2.97. The number of thiophene rings is 1. The fraction of sp³-hybridized carbons (Fsp3) is 0.765. The monoisotopic (exact) mass is 311 g/mol. The predicted octanol–water partition coefficient (Wildman–Crippen LogP) is 3.67. The Morgan fingerprint density at radius 2 is 2.33 bits per heavy atom. The molecule has 0 aromatic carbocycles. The van der Waals surface area contributed by atoms with Crippen LogP contribution in [0, 0.1) is 0 Å². The summed E-state index contributed by atoms with van der Waals surface area (Å²) in [6.07, 6.45) is 8.09. The highest BCUT2D eigenvalue weighted by Crippen LogP contribution is 2.33. The first-order valence-electron chi connectivity index (χ1n) is 8.36. The molecule has 0 radical (unpaired) electrons. The molecule has 1 aromatic rings. The predicted molar refractivity (Wildman–Crippen MR) is 89.0 cm³/mol. The van der Waals surface area contributed by atoms with Gasteiger partial charge in [0.2, 0.25) is 0 Å². The van der Waals surface area contributed by atoms with Crippen LogP contribution >= 0.6 is 11.3 Å². The van der Waals surface area contributed by atoms with Crippen molar-refractivity contribution in [2.45, 2.75) is 64.0 Å². The number of rotatable bonds is 10. The van der Waals surface area contributed by atoms with E-state index in [0.29, 0.717) is 19.2 Å². The van der Waals surface area contributed by atoms with Crippen LogP contribution in [0.25, 0.3) is 0 Å². The van der Waals surface area contributed by atoms with Crippen molar-refractivity contribution in [3.63, 3.8) is 0 Å². The highest BCUT2D eigenvalue weighted by atomic mass is 32.1. The summed E-state index contributed by atoms with van der Waals surface area (Å²) in [5.74, 6) is 0. The lowest BCUT2D eigenvalue weighted by Crippen LogP contribution is -2.34. The van der Waals surface area contributed by atoms with Crippen LogP contribution in [0.2, 0.25) is 0 Å². The second kappa shape index (κ2) is 9.57. The zero-order chi connectivity index (χ0) is 14.9. The van der Waals surface area contributed by atoms with Gasteiger partial charge < -0.3 is 15.2 Å². The van der Waals surface area contributed by atoms with E-state index in [2.05, 4.69) is 23.7 Å². The van der Waals surface area contributed by atoms with Crippen LogP contribution in [0.1, 0.15) is 61.9 Å². The summed E-state index contributed by atoms with van der Waals surface area (Å²) in [6.45, 7) is 4.05. The van der Waals surface area contributed by atoms with Crippen molar-refractivity contribution in [1.82, 2.24) is 5.32 Å². The molecule has 1 heterocycles. The number of nitrogens with one attached hydrogen (secondary N) is 1. The fourth-order valence-electron chi connectivity index (χ4n) is 2.89. The maximum absolute atomic E-state index is 10.00. The van der Waals surface area contributed by atoms with Gasteiger partial charge in [-0.25, -0.2) is 0 Å². The second-order valence-corrected chi connectivity index (χ2v) is 6.94. The van der Waals surface area contributed by atoms with Crippen LogP contribution in [-0.4, -0.2) is 31.0 Å². The zero-order valence-electron chi connectivity index (χ0n) is 13.1. The number of aliphatic hydroxyl groups excluding tert-OH is 1. The lowest BCUT2D eigenvalue weighted by molar-refractivity contribution is 0.0338. The Bertz CT molecular complexity index is 394. The molecule has 2 unspecified atom stereocenters. The van der Waals surface area contributed by atoms with E-state index in [4.69, 9.17) is 4.74 Å². The smallest absolute Gasteiger partial charge is 0.0897 e. The lowest BCUT2D eigenvalue weighted by atomic mass is 9.94. The molecule has 2 atom stereocenters. The Morgan fingerprint density at radius 3 is 3.19 bits per heavy atom. The Morgan fingerprint density at radius 1 is 1.43 bits per heavy atom. The van der Waals surface area contributed by atoms with Crippen LogP contribution in [0.5, 0.6) is 0 Å². The third kappa shape index (κ3) is 5.70. The number of hydrogen-bond donors (Lipinski definition) is 2.